The summed E-state index contributed by atoms with van der Waals surface area (Å²) >= 11 is 0. The van der Waals surface area contributed by atoms with Crippen LogP contribution in [0.15, 0.2) is 95.3 Å². The van der Waals surface area contributed by atoms with E-state index in [1.165, 1.54) is 7.11 Å². The number of nitrogens with one attached hydrogen (secondary N) is 1. The van der Waals surface area contributed by atoms with Gasteiger partial charge in [0.2, 0.25) is 0 Å². The average molecular weight is 582 g/mol. The Hall–Kier alpha value is -4.85. The van der Waals surface area contributed by atoms with Crippen molar-refractivity contribution >= 4 is 17.7 Å². The molecule has 0 saturated heterocycles. The maximum atomic E-state index is 14.0. The van der Waals surface area contributed by atoms with Crippen molar-refractivity contribution in [3.63, 3.8) is 0 Å². The molecule has 43 heavy (non-hydrogen) atoms. The molecule has 8 nitrogen and oxygen atoms in total. The van der Waals surface area contributed by atoms with Gasteiger partial charge in [0.25, 0.3) is 0 Å². The summed E-state index contributed by atoms with van der Waals surface area (Å²) in [4.78, 5) is 39.7. The number of methoxy groups -OCH3 is 3. The number of esters is 2. The van der Waals surface area contributed by atoms with E-state index < -0.39 is 17.9 Å². The first kappa shape index (κ1) is 29.6. The number of hydrogen-bond acceptors (Lipinski definition) is 8. The van der Waals surface area contributed by atoms with Gasteiger partial charge in [-0.3, -0.25) is 4.79 Å². The normalized spacial score (nSPS) is 18.0. The van der Waals surface area contributed by atoms with Crippen LogP contribution in [0.5, 0.6) is 11.5 Å². The van der Waals surface area contributed by atoms with E-state index in [2.05, 4.69) is 5.32 Å². The maximum absolute atomic E-state index is 14.0. The third-order valence-electron chi connectivity index (χ3n) is 8.06. The standard InChI is InChI=1S/C35H35NO7/c1-21-31(35(39)43-17-16-22-8-6-5-7-9-22)32(23-10-12-24(13-11-23)34(38)42-4)33-27(36-21)18-26(19-28(33)37)25-14-15-29(40-2)30(20-25)41-3/h5-15,20,26,32,36H,16-19H2,1-4H3/t26-,32+/m0/s1. The molecule has 1 N–H and O–H groups in total. The molecule has 3 aromatic rings. The third kappa shape index (κ3) is 6.18. The first-order valence-electron chi connectivity index (χ1n) is 14.2. The number of carbonyl (C=O) groups is 3. The molecule has 0 bridgehead atoms. The summed E-state index contributed by atoms with van der Waals surface area (Å²) in [6.45, 7) is 2.03. The first-order valence-corrected chi connectivity index (χ1v) is 14.2. The molecular formula is C35H35NO7. The summed E-state index contributed by atoms with van der Waals surface area (Å²) in [7, 11) is 4.49. The van der Waals surface area contributed by atoms with E-state index >= 15 is 0 Å². The van der Waals surface area contributed by atoms with Gasteiger partial charge in [0, 0.05) is 35.7 Å². The largest absolute Gasteiger partial charge is 0.493 e. The molecule has 1 heterocycles. The summed E-state index contributed by atoms with van der Waals surface area (Å²) in [6.07, 6.45) is 1.41. The molecule has 1 aliphatic carbocycles. The third-order valence-corrected chi connectivity index (χ3v) is 8.06. The molecule has 8 heteroatoms. The van der Waals surface area contributed by atoms with Crippen molar-refractivity contribution in [3.05, 3.63) is 118 Å². The summed E-state index contributed by atoms with van der Waals surface area (Å²) in [6, 6.07) is 22.3. The fraction of sp³-hybridized carbons (Fsp3) is 0.286. The minimum atomic E-state index is -0.647. The Labute approximate surface area is 251 Å². The molecule has 0 saturated carbocycles. The first-order chi connectivity index (χ1) is 20.8. The molecule has 2 aliphatic rings. The second kappa shape index (κ2) is 13.0. The highest BCUT2D eigenvalue weighted by Crippen LogP contribution is 2.46. The molecular weight excluding hydrogens is 546 g/mol. The van der Waals surface area contributed by atoms with Crippen LogP contribution in [0.25, 0.3) is 0 Å². The number of allylic oxidation sites excluding steroid dienone is 3. The molecule has 2 atom stereocenters. The van der Waals surface area contributed by atoms with Gasteiger partial charge in [0.15, 0.2) is 17.3 Å². The molecule has 0 aromatic heterocycles. The number of benzene rings is 3. The zero-order valence-corrected chi connectivity index (χ0v) is 24.8. The molecule has 3 aromatic carbocycles. The topological polar surface area (TPSA) is 100 Å². The second-order valence-electron chi connectivity index (χ2n) is 10.6. The number of hydrogen-bond donors (Lipinski definition) is 1. The minimum Gasteiger partial charge on any atom is -0.493 e. The van der Waals surface area contributed by atoms with Crippen LogP contribution in [0, 0.1) is 0 Å². The summed E-state index contributed by atoms with van der Waals surface area (Å²) in [5, 5.41) is 3.38. The molecule has 0 fully saturated rings. The van der Waals surface area contributed by atoms with Crippen molar-refractivity contribution < 1.29 is 33.3 Å². The van der Waals surface area contributed by atoms with Gasteiger partial charge in [-0.2, -0.15) is 0 Å². The van der Waals surface area contributed by atoms with Crippen molar-refractivity contribution in [2.75, 3.05) is 27.9 Å². The van der Waals surface area contributed by atoms with Crippen LogP contribution < -0.4 is 14.8 Å². The zero-order chi connectivity index (χ0) is 30.5. The van der Waals surface area contributed by atoms with Gasteiger partial charge in [-0.1, -0.05) is 48.5 Å². The van der Waals surface area contributed by atoms with Gasteiger partial charge in [-0.25, -0.2) is 9.59 Å². The van der Waals surface area contributed by atoms with Gasteiger partial charge in [0.05, 0.1) is 39.1 Å². The second-order valence-corrected chi connectivity index (χ2v) is 10.6. The van der Waals surface area contributed by atoms with E-state index in [9.17, 15) is 14.4 Å². The molecule has 0 amide bonds. The summed E-state index contributed by atoms with van der Waals surface area (Å²) in [5.74, 6) is -0.519. The predicted octanol–water partition coefficient (Wildman–Crippen LogP) is 5.64. The number of ether oxygens (including phenoxy) is 4. The maximum Gasteiger partial charge on any atom is 0.337 e. The lowest BCUT2D eigenvalue weighted by atomic mass is 9.71. The van der Waals surface area contributed by atoms with Crippen molar-refractivity contribution in [2.24, 2.45) is 0 Å². The number of dihydropyridines is 1. The van der Waals surface area contributed by atoms with Gasteiger partial charge in [-0.05, 0) is 60.2 Å². The molecule has 222 valence electrons. The van der Waals surface area contributed by atoms with Gasteiger partial charge < -0.3 is 24.3 Å². The van der Waals surface area contributed by atoms with E-state index in [4.69, 9.17) is 18.9 Å². The van der Waals surface area contributed by atoms with E-state index in [0.717, 1.165) is 16.8 Å². The van der Waals surface area contributed by atoms with Crippen LogP contribution >= 0.6 is 0 Å². The Kier molecular flexibility index (Phi) is 8.95. The number of rotatable bonds is 9. The van der Waals surface area contributed by atoms with Crippen LogP contribution in [0.1, 0.15) is 58.6 Å². The van der Waals surface area contributed by atoms with E-state index in [1.807, 2.05) is 55.5 Å². The molecule has 0 spiro atoms. The molecule has 1 aliphatic heterocycles. The highest BCUT2D eigenvalue weighted by atomic mass is 16.5. The summed E-state index contributed by atoms with van der Waals surface area (Å²) < 4.78 is 21.5. The van der Waals surface area contributed by atoms with Crippen LogP contribution in [-0.2, 0) is 25.5 Å². The Morgan fingerprint density at radius 1 is 0.837 bits per heavy atom. The Bertz CT molecular complexity index is 1590. The minimum absolute atomic E-state index is 0.0577. The monoisotopic (exact) mass is 581 g/mol. The SMILES string of the molecule is COC(=O)c1ccc([C@@H]2C(C(=O)OCCc3ccccc3)=C(C)NC3=C2C(=O)C[C@@H](c2ccc(OC)c(OC)c2)C3)cc1. The Morgan fingerprint density at radius 2 is 1.53 bits per heavy atom. The molecule has 0 unspecified atom stereocenters. The highest BCUT2D eigenvalue weighted by molar-refractivity contribution is 6.04. The molecule has 0 radical (unpaired) electrons. The number of ketones is 1. The lowest BCUT2D eigenvalue weighted by Crippen LogP contribution is -2.36. The van der Waals surface area contributed by atoms with E-state index in [-0.39, 0.29) is 24.7 Å². The number of Topliss-reactive ketones (excluding diaryl/α,β-unsaturated/α-hetero) is 1. The smallest absolute Gasteiger partial charge is 0.337 e. The average Bonchev–Trinajstić information content (AvgIpc) is 3.03. The van der Waals surface area contributed by atoms with Gasteiger partial charge in [0.1, 0.15) is 0 Å². The lowest BCUT2D eigenvalue weighted by Gasteiger charge is -2.36. The fourth-order valence-corrected chi connectivity index (χ4v) is 5.90. The Morgan fingerprint density at radius 3 is 2.21 bits per heavy atom. The Balaban J connectivity index is 1.48. The van der Waals surface area contributed by atoms with Crippen molar-refractivity contribution in [2.45, 2.75) is 38.0 Å². The van der Waals surface area contributed by atoms with E-state index in [1.54, 1.807) is 38.5 Å². The van der Waals surface area contributed by atoms with Crippen LogP contribution in [0.2, 0.25) is 0 Å². The van der Waals surface area contributed by atoms with Gasteiger partial charge in [-0.15, -0.1) is 0 Å². The van der Waals surface area contributed by atoms with E-state index in [0.29, 0.717) is 52.3 Å². The fourth-order valence-electron chi connectivity index (χ4n) is 5.90. The van der Waals surface area contributed by atoms with Crippen LogP contribution in [0.3, 0.4) is 0 Å². The number of carbonyl (C=O) groups excluding carboxylic acids is 3. The summed E-state index contributed by atoms with van der Waals surface area (Å²) in [5.41, 5.74) is 5.46. The zero-order valence-electron chi connectivity index (χ0n) is 24.8. The van der Waals surface area contributed by atoms with Crippen molar-refractivity contribution in [3.8, 4) is 11.5 Å². The van der Waals surface area contributed by atoms with Crippen molar-refractivity contribution in [1.82, 2.24) is 5.32 Å². The lowest BCUT2D eigenvalue weighted by molar-refractivity contribution is -0.139. The van der Waals surface area contributed by atoms with Crippen LogP contribution in [0.4, 0.5) is 0 Å². The van der Waals surface area contributed by atoms with Gasteiger partial charge >= 0.3 is 11.9 Å². The van der Waals surface area contributed by atoms with Crippen molar-refractivity contribution in [1.29, 1.82) is 0 Å². The molecule has 5 rings (SSSR count). The highest BCUT2D eigenvalue weighted by Gasteiger charge is 2.41. The predicted molar refractivity (Wildman–Crippen MR) is 161 cm³/mol. The quantitative estimate of drug-likeness (QED) is 0.324. The van der Waals surface area contributed by atoms with Crippen LogP contribution in [-0.4, -0.2) is 45.7 Å².